The molecule has 1 aromatic rings. The molecule has 0 amide bonds. The van der Waals surface area contributed by atoms with E-state index >= 15 is 0 Å². The SMILES string of the molecule is CC1(C)N=Cc2nc(NC3CCOCC3)ncc21. The third-order valence-electron chi connectivity index (χ3n) is 3.54. The van der Waals surface area contributed by atoms with Crippen molar-refractivity contribution in [2.45, 2.75) is 38.3 Å². The molecule has 1 fully saturated rings. The molecule has 0 aromatic carbocycles. The Morgan fingerprint density at radius 3 is 2.89 bits per heavy atom. The van der Waals surface area contributed by atoms with Gasteiger partial charge >= 0.3 is 0 Å². The van der Waals surface area contributed by atoms with Crippen molar-refractivity contribution < 1.29 is 4.74 Å². The molecule has 3 heterocycles. The van der Waals surface area contributed by atoms with Gasteiger partial charge in [-0.2, -0.15) is 0 Å². The summed E-state index contributed by atoms with van der Waals surface area (Å²) in [6.45, 7) is 5.78. The molecule has 5 nitrogen and oxygen atoms in total. The van der Waals surface area contributed by atoms with Crippen molar-refractivity contribution in [2.75, 3.05) is 18.5 Å². The molecule has 0 aliphatic carbocycles. The van der Waals surface area contributed by atoms with Gasteiger partial charge in [0.05, 0.1) is 11.2 Å². The lowest BCUT2D eigenvalue weighted by atomic mass is 9.98. The third-order valence-corrected chi connectivity index (χ3v) is 3.54. The zero-order chi connectivity index (χ0) is 12.6. The summed E-state index contributed by atoms with van der Waals surface area (Å²) in [4.78, 5) is 13.4. The number of anilines is 1. The standard InChI is InChI=1S/C13H18N4O/c1-13(2)10-7-14-12(17-11(10)8-15-13)16-9-3-5-18-6-4-9/h7-9H,3-6H2,1-2H3,(H,14,16,17). The smallest absolute Gasteiger partial charge is 0.223 e. The first-order valence-corrected chi connectivity index (χ1v) is 6.42. The lowest BCUT2D eigenvalue weighted by Gasteiger charge is -2.23. The molecule has 0 saturated carbocycles. The first kappa shape index (κ1) is 11.6. The maximum atomic E-state index is 5.34. The minimum absolute atomic E-state index is 0.188. The minimum Gasteiger partial charge on any atom is -0.381 e. The quantitative estimate of drug-likeness (QED) is 0.863. The van der Waals surface area contributed by atoms with Gasteiger partial charge in [-0.1, -0.05) is 0 Å². The van der Waals surface area contributed by atoms with Crippen molar-refractivity contribution in [1.29, 1.82) is 0 Å². The van der Waals surface area contributed by atoms with Crippen molar-refractivity contribution in [2.24, 2.45) is 4.99 Å². The van der Waals surface area contributed by atoms with Gasteiger partial charge in [-0.15, -0.1) is 0 Å². The van der Waals surface area contributed by atoms with E-state index in [0.717, 1.165) is 37.3 Å². The van der Waals surface area contributed by atoms with Crippen LogP contribution in [0.2, 0.25) is 0 Å². The first-order chi connectivity index (χ1) is 8.65. The Morgan fingerprint density at radius 1 is 1.33 bits per heavy atom. The van der Waals surface area contributed by atoms with Gasteiger partial charge in [0.1, 0.15) is 0 Å². The molecule has 0 spiro atoms. The van der Waals surface area contributed by atoms with Gasteiger partial charge in [-0.25, -0.2) is 9.97 Å². The van der Waals surface area contributed by atoms with E-state index in [0.29, 0.717) is 12.0 Å². The zero-order valence-corrected chi connectivity index (χ0v) is 10.8. The van der Waals surface area contributed by atoms with Crippen LogP contribution in [0, 0.1) is 0 Å². The molecular formula is C13H18N4O. The second kappa shape index (κ2) is 4.31. The fourth-order valence-electron chi connectivity index (χ4n) is 2.35. The number of aromatic nitrogens is 2. The number of rotatable bonds is 2. The van der Waals surface area contributed by atoms with Crippen LogP contribution in [0.5, 0.6) is 0 Å². The summed E-state index contributed by atoms with van der Waals surface area (Å²) >= 11 is 0. The van der Waals surface area contributed by atoms with Crippen LogP contribution in [0.15, 0.2) is 11.2 Å². The number of hydrogen-bond donors (Lipinski definition) is 1. The molecule has 0 radical (unpaired) electrons. The van der Waals surface area contributed by atoms with Gasteiger partial charge in [0.25, 0.3) is 0 Å². The Hall–Kier alpha value is -1.49. The molecule has 0 bridgehead atoms. The predicted octanol–water partition coefficient (Wildman–Crippen LogP) is 1.74. The molecule has 18 heavy (non-hydrogen) atoms. The molecule has 1 aromatic heterocycles. The highest BCUT2D eigenvalue weighted by molar-refractivity contribution is 5.83. The van der Waals surface area contributed by atoms with Crippen molar-refractivity contribution in [3.63, 3.8) is 0 Å². The molecule has 2 aliphatic rings. The normalized spacial score (nSPS) is 21.9. The molecule has 1 N–H and O–H groups in total. The monoisotopic (exact) mass is 246 g/mol. The van der Waals surface area contributed by atoms with E-state index in [4.69, 9.17) is 4.74 Å². The van der Waals surface area contributed by atoms with E-state index in [2.05, 4.69) is 34.1 Å². The molecule has 1 saturated heterocycles. The Balaban J connectivity index is 1.77. The van der Waals surface area contributed by atoms with Crippen molar-refractivity contribution >= 4 is 12.2 Å². The molecule has 0 unspecified atom stereocenters. The van der Waals surface area contributed by atoms with Gasteiger partial charge in [0.15, 0.2) is 0 Å². The number of aliphatic imine (C=N–C) groups is 1. The van der Waals surface area contributed by atoms with Gasteiger partial charge in [0, 0.05) is 37.2 Å². The maximum Gasteiger partial charge on any atom is 0.223 e. The molecule has 2 aliphatic heterocycles. The topological polar surface area (TPSA) is 59.4 Å². The summed E-state index contributed by atoms with van der Waals surface area (Å²) in [5, 5.41) is 3.37. The average Bonchev–Trinajstić information content (AvgIpc) is 2.66. The van der Waals surface area contributed by atoms with Crippen LogP contribution < -0.4 is 5.32 Å². The number of nitrogens with zero attached hydrogens (tertiary/aromatic N) is 3. The summed E-state index contributed by atoms with van der Waals surface area (Å²) in [5.74, 6) is 0.699. The summed E-state index contributed by atoms with van der Waals surface area (Å²) < 4.78 is 5.34. The summed E-state index contributed by atoms with van der Waals surface area (Å²) in [5.41, 5.74) is 1.84. The van der Waals surface area contributed by atoms with Crippen LogP contribution in [-0.2, 0) is 10.3 Å². The molecule has 5 heteroatoms. The van der Waals surface area contributed by atoms with Crippen LogP contribution >= 0.6 is 0 Å². The van der Waals surface area contributed by atoms with Crippen LogP contribution in [0.3, 0.4) is 0 Å². The second-order valence-electron chi connectivity index (χ2n) is 5.34. The van der Waals surface area contributed by atoms with Crippen molar-refractivity contribution in [3.05, 3.63) is 17.5 Å². The highest BCUT2D eigenvalue weighted by atomic mass is 16.5. The summed E-state index contributed by atoms with van der Waals surface area (Å²) in [6, 6.07) is 0.420. The number of ether oxygens (including phenoxy) is 1. The molecular weight excluding hydrogens is 228 g/mol. The van der Waals surface area contributed by atoms with Crippen LogP contribution in [0.4, 0.5) is 5.95 Å². The zero-order valence-electron chi connectivity index (χ0n) is 10.8. The fraction of sp³-hybridized carbons (Fsp3) is 0.615. The molecule has 3 rings (SSSR count). The summed E-state index contributed by atoms with van der Waals surface area (Å²) in [7, 11) is 0. The molecule has 0 atom stereocenters. The van der Waals surface area contributed by atoms with Gasteiger partial charge in [-0.3, -0.25) is 4.99 Å². The Kier molecular flexibility index (Phi) is 2.78. The van der Waals surface area contributed by atoms with E-state index in [9.17, 15) is 0 Å². The lowest BCUT2D eigenvalue weighted by Crippen LogP contribution is -2.29. The van der Waals surface area contributed by atoms with E-state index in [1.165, 1.54) is 0 Å². The van der Waals surface area contributed by atoms with Gasteiger partial charge in [-0.05, 0) is 26.7 Å². The first-order valence-electron chi connectivity index (χ1n) is 6.42. The largest absolute Gasteiger partial charge is 0.381 e. The summed E-state index contributed by atoms with van der Waals surface area (Å²) in [6.07, 6.45) is 5.75. The number of fused-ring (bicyclic) bond motifs is 1. The maximum absolute atomic E-state index is 5.34. The lowest BCUT2D eigenvalue weighted by molar-refractivity contribution is 0.0903. The Morgan fingerprint density at radius 2 is 2.11 bits per heavy atom. The van der Waals surface area contributed by atoms with E-state index in [-0.39, 0.29) is 5.54 Å². The Bertz CT molecular complexity index is 478. The van der Waals surface area contributed by atoms with E-state index < -0.39 is 0 Å². The van der Waals surface area contributed by atoms with Crippen LogP contribution in [0.25, 0.3) is 0 Å². The van der Waals surface area contributed by atoms with E-state index in [1.54, 1.807) is 0 Å². The van der Waals surface area contributed by atoms with Crippen LogP contribution in [0.1, 0.15) is 37.9 Å². The highest BCUT2D eigenvalue weighted by Gasteiger charge is 2.28. The van der Waals surface area contributed by atoms with Gasteiger partial charge in [0.2, 0.25) is 5.95 Å². The van der Waals surface area contributed by atoms with Crippen molar-refractivity contribution in [3.8, 4) is 0 Å². The predicted molar refractivity (Wildman–Crippen MR) is 70.1 cm³/mol. The van der Waals surface area contributed by atoms with Crippen molar-refractivity contribution in [1.82, 2.24) is 9.97 Å². The third kappa shape index (κ3) is 2.10. The van der Waals surface area contributed by atoms with Crippen LogP contribution in [-0.4, -0.2) is 35.4 Å². The Labute approximate surface area is 107 Å². The number of hydrogen-bond acceptors (Lipinski definition) is 5. The van der Waals surface area contributed by atoms with Gasteiger partial charge < -0.3 is 10.1 Å². The fourth-order valence-corrected chi connectivity index (χ4v) is 2.35. The second-order valence-corrected chi connectivity index (χ2v) is 5.34. The average molecular weight is 246 g/mol. The number of nitrogens with one attached hydrogen (secondary N) is 1. The molecule has 96 valence electrons. The highest BCUT2D eigenvalue weighted by Crippen LogP contribution is 2.30. The van der Waals surface area contributed by atoms with E-state index in [1.807, 2.05) is 12.4 Å². The minimum atomic E-state index is -0.188.